The molecule has 0 fully saturated rings. The van der Waals surface area contributed by atoms with E-state index < -0.39 is 11.4 Å². The van der Waals surface area contributed by atoms with Crippen LogP contribution < -0.4 is 0 Å². The number of hydrogen-bond donors (Lipinski definition) is 1. The van der Waals surface area contributed by atoms with Crippen molar-refractivity contribution in [3.05, 3.63) is 42.0 Å². The van der Waals surface area contributed by atoms with Crippen molar-refractivity contribution in [3.8, 4) is 5.69 Å². The van der Waals surface area contributed by atoms with Gasteiger partial charge in [0.25, 0.3) is 5.82 Å². The Hall–Kier alpha value is -2.21. The number of hydrogen-bond acceptors (Lipinski definition) is 5. The number of carbonyl (C=O) groups is 1. The Morgan fingerprint density at radius 3 is 2.57 bits per heavy atom. The van der Waals surface area contributed by atoms with Gasteiger partial charge in [-0.15, -0.1) is 5.10 Å². The van der Waals surface area contributed by atoms with E-state index in [1.54, 1.807) is 11.6 Å². The summed E-state index contributed by atoms with van der Waals surface area (Å²) in [5.74, 6) is -0.0568. The van der Waals surface area contributed by atoms with Gasteiger partial charge in [-0.3, -0.25) is 0 Å². The number of esters is 1. The number of aromatic nitrogens is 3. The van der Waals surface area contributed by atoms with Crippen LogP contribution >= 0.6 is 0 Å². The van der Waals surface area contributed by atoms with E-state index in [0.717, 1.165) is 5.69 Å². The number of nitrogens with zero attached hydrogens (tertiary/aromatic N) is 3. The summed E-state index contributed by atoms with van der Waals surface area (Å²) in [6.07, 6.45) is 0. The maximum Gasteiger partial charge on any atom is 0.378 e. The Morgan fingerprint density at radius 1 is 1.33 bits per heavy atom. The molecular weight excluding hydrogens is 270 g/mol. The lowest BCUT2D eigenvalue weighted by Gasteiger charge is -2.21. The fourth-order valence-electron chi connectivity index (χ4n) is 1.85. The summed E-state index contributed by atoms with van der Waals surface area (Å²) in [6, 6.07) is 9.36. The predicted octanol–water partition coefficient (Wildman–Crippen LogP) is 1.71. The lowest BCUT2D eigenvalue weighted by molar-refractivity contribution is 0.0512. The molecule has 1 aromatic carbocycles. The summed E-state index contributed by atoms with van der Waals surface area (Å²) in [6.45, 7) is 5.56. The van der Waals surface area contributed by atoms with Crippen molar-refractivity contribution in [2.45, 2.75) is 26.2 Å². The van der Waals surface area contributed by atoms with E-state index in [2.05, 4.69) is 10.1 Å². The van der Waals surface area contributed by atoms with Crippen molar-refractivity contribution in [1.82, 2.24) is 14.8 Å². The van der Waals surface area contributed by atoms with Crippen molar-refractivity contribution < 1.29 is 14.6 Å². The molecule has 112 valence electrons. The van der Waals surface area contributed by atoms with Gasteiger partial charge in [0, 0.05) is 5.41 Å². The Kier molecular flexibility index (Phi) is 4.37. The quantitative estimate of drug-likeness (QED) is 0.848. The second-order valence-corrected chi connectivity index (χ2v) is 5.27. The topological polar surface area (TPSA) is 77.2 Å². The molecule has 0 spiro atoms. The zero-order valence-corrected chi connectivity index (χ0v) is 12.4. The first-order chi connectivity index (χ1) is 9.99. The zero-order valence-electron chi connectivity index (χ0n) is 12.4. The number of aliphatic hydroxyl groups is 1. The molecule has 0 atom stereocenters. The summed E-state index contributed by atoms with van der Waals surface area (Å²) in [5.41, 5.74) is 0.144. The van der Waals surface area contributed by atoms with Crippen molar-refractivity contribution >= 4 is 5.97 Å². The summed E-state index contributed by atoms with van der Waals surface area (Å²) < 4.78 is 6.51. The standard InChI is InChI=1S/C15H19N3O3/c1-4-21-13(20)12-16-14(15(2,3)10-19)18(17-12)11-8-6-5-7-9-11/h5-9,19H,4,10H2,1-3H3. The van der Waals surface area contributed by atoms with Crippen LogP contribution in [0.3, 0.4) is 0 Å². The van der Waals surface area contributed by atoms with Gasteiger partial charge in [0.2, 0.25) is 0 Å². The highest BCUT2D eigenvalue weighted by molar-refractivity contribution is 5.85. The minimum absolute atomic E-state index is 0.00257. The van der Waals surface area contributed by atoms with Gasteiger partial charge in [-0.25, -0.2) is 14.5 Å². The van der Waals surface area contributed by atoms with E-state index in [1.165, 1.54) is 0 Å². The molecule has 0 aliphatic carbocycles. The largest absolute Gasteiger partial charge is 0.460 e. The Bertz CT molecular complexity index is 620. The summed E-state index contributed by atoms with van der Waals surface area (Å²) >= 11 is 0. The molecule has 0 bridgehead atoms. The molecular formula is C15H19N3O3. The van der Waals surface area contributed by atoms with Crippen molar-refractivity contribution in [2.24, 2.45) is 0 Å². The van der Waals surface area contributed by atoms with Crippen LogP contribution in [-0.2, 0) is 10.2 Å². The number of para-hydroxylation sites is 1. The Balaban J connectivity index is 2.54. The first-order valence-electron chi connectivity index (χ1n) is 6.80. The molecule has 1 N–H and O–H groups in total. The average molecular weight is 289 g/mol. The van der Waals surface area contributed by atoms with E-state index in [9.17, 15) is 9.90 Å². The number of rotatable bonds is 5. The number of ether oxygens (including phenoxy) is 1. The minimum Gasteiger partial charge on any atom is -0.460 e. The van der Waals surface area contributed by atoms with Crippen LogP contribution in [0.15, 0.2) is 30.3 Å². The van der Waals surface area contributed by atoms with Crippen LogP contribution in [0.2, 0.25) is 0 Å². The van der Waals surface area contributed by atoms with Crippen LogP contribution in [0, 0.1) is 0 Å². The van der Waals surface area contributed by atoms with Crippen LogP contribution in [-0.4, -0.2) is 39.1 Å². The Morgan fingerprint density at radius 2 is 2.00 bits per heavy atom. The van der Waals surface area contributed by atoms with E-state index in [0.29, 0.717) is 5.82 Å². The average Bonchev–Trinajstić information content (AvgIpc) is 2.94. The fraction of sp³-hybridized carbons (Fsp3) is 0.400. The third-order valence-electron chi connectivity index (χ3n) is 3.07. The molecule has 6 heteroatoms. The van der Waals surface area contributed by atoms with E-state index >= 15 is 0 Å². The first-order valence-corrected chi connectivity index (χ1v) is 6.80. The number of carbonyl (C=O) groups excluding carboxylic acids is 1. The third-order valence-corrected chi connectivity index (χ3v) is 3.07. The smallest absolute Gasteiger partial charge is 0.378 e. The van der Waals surface area contributed by atoms with Gasteiger partial charge in [0.05, 0.1) is 18.9 Å². The van der Waals surface area contributed by atoms with Crippen LogP contribution in [0.4, 0.5) is 0 Å². The fourth-order valence-corrected chi connectivity index (χ4v) is 1.85. The van der Waals surface area contributed by atoms with Crippen LogP contribution in [0.5, 0.6) is 0 Å². The summed E-state index contributed by atoms with van der Waals surface area (Å²) in [4.78, 5) is 16.1. The lowest BCUT2D eigenvalue weighted by Crippen LogP contribution is -2.27. The lowest BCUT2D eigenvalue weighted by atomic mass is 9.93. The molecule has 0 unspecified atom stereocenters. The highest BCUT2D eigenvalue weighted by Gasteiger charge is 2.30. The van der Waals surface area contributed by atoms with Gasteiger partial charge in [0.15, 0.2) is 0 Å². The third kappa shape index (κ3) is 3.11. The SMILES string of the molecule is CCOC(=O)c1nc(C(C)(C)CO)n(-c2ccccc2)n1. The molecule has 0 saturated heterocycles. The van der Waals surface area contributed by atoms with Crippen LogP contribution in [0.1, 0.15) is 37.2 Å². The minimum atomic E-state index is -0.631. The monoisotopic (exact) mass is 289 g/mol. The highest BCUT2D eigenvalue weighted by atomic mass is 16.5. The van der Waals surface area contributed by atoms with Gasteiger partial charge in [-0.2, -0.15) is 0 Å². The molecule has 1 aromatic heterocycles. The van der Waals surface area contributed by atoms with Gasteiger partial charge in [-0.1, -0.05) is 32.0 Å². The molecule has 1 heterocycles. The highest BCUT2D eigenvalue weighted by Crippen LogP contribution is 2.23. The zero-order chi connectivity index (χ0) is 15.5. The molecule has 0 aliphatic rings. The predicted molar refractivity (Wildman–Crippen MR) is 77.4 cm³/mol. The first kappa shape index (κ1) is 15.2. The van der Waals surface area contributed by atoms with Crippen molar-refractivity contribution in [3.63, 3.8) is 0 Å². The second-order valence-electron chi connectivity index (χ2n) is 5.27. The summed E-state index contributed by atoms with van der Waals surface area (Å²) in [5, 5.41) is 13.8. The van der Waals surface area contributed by atoms with Gasteiger partial charge >= 0.3 is 5.97 Å². The van der Waals surface area contributed by atoms with E-state index in [1.807, 2.05) is 44.2 Å². The maximum atomic E-state index is 11.8. The van der Waals surface area contributed by atoms with Crippen molar-refractivity contribution in [1.29, 1.82) is 0 Å². The molecule has 6 nitrogen and oxygen atoms in total. The van der Waals surface area contributed by atoms with Gasteiger partial charge in [-0.05, 0) is 19.1 Å². The Labute approximate surface area is 123 Å². The van der Waals surface area contributed by atoms with Gasteiger partial charge < -0.3 is 9.84 Å². The molecule has 0 saturated carbocycles. The normalized spacial score (nSPS) is 11.4. The van der Waals surface area contributed by atoms with E-state index in [4.69, 9.17) is 4.74 Å². The molecule has 21 heavy (non-hydrogen) atoms. The summed E-state index contributed by atoms with van der Waals surface area (Å²) in [7, 11) is 0. The molecule has 0 radical (unpaired) electrons. The molecule has 2 aromatic rings. The number of benzene rings is 1. The second kappa shape index (κ2) is 6.05. The molecule has 0 aliphatic heterocycles. The maximum absolute atomic E-state index is 11.8. The van der Waals surface area contributed by atoms with E-state index in [-0.39, 0.29) is 19.0 Å². The van der Waals surface area contributed by atoms with Gasteiger partial charge in [0.1, 0.15) is 5.82 Å². The number of aliphatic hydroxyl groups excluding tert-OH is 1. The van der Waals surface area contributed by atoms with Crippen LogP contribution in [0.25, 0.3) is 5.69 Å². The molecule has 0 amide bonds. The van der Waals surface area contributed by atoms with Crippen molar-refractivity contribution in [2.75, 3.05) is 13.2 Å². The molecule has 2 rings (SSSR count).